The number of methoxy groups -OCH3 is 1. The fourth-order valence-electron chi connectivity index (χ4n) is 2.55. The first-order chi connectivity index (χ1) is 14.6. The Morgan fingerprint density at radius 1 is 1.27 bits per heavy atom. The molecule has 0 bridgehead atoms. The highest BCUT2D eigenvalue weighted by atomic mass is 32.1. The number of hydrogen-bond acceptors (Lipinski definition) is 10. The highest BCUT2D eigenvalue weighted by molar-refractivity contribution is 7.13. The summed E-state index contributed by atoms with van der Waals surface area (Å²) < 4.78 is 21.6. The van der Waals surface area contributed by atoms with Crippen LogP contribution in [0, 0.1) is 0 Å². The van der Waals surface area contributed by atoms with Crippen LogP contribution in [0.25, 0.3) is 22.2 Å². The van der Waals surface area contributed by atoms with E-state index in [2.05, 4.69) is 15.2 Å². The SMILES string of the molecule is COc1cccc(-c2noc(COC(=O)CCn3nc(-c4cccs4)oc3=O)n2)c1. The number of thiophene rings is 1. The maximum absolute atomic E-state index is 12.0. The average Bonchev–Trinajstić information content (AvgIpc) is 3.52. The Bertz CT molecular complexity index is 1190. The van der Waals surface area contributed by atoms with Gasteiger partial charge in [0.2, 0.25) is 5.82 Å². The van der Waals surface area contributed by atoms with Gasteiger partial charge in [-0.3, -0.25) is 4.79 Å². The highest BCUT2D eigenvalue weighted by Gasteiger charge is 2.15. The molecule has 0 aliphatic rings. The summed E-state index contributed by atoms with van der Waals surface area (Å²) in [6.07, 6.45) is -0.0623. The zero-order valence-corrected chi connectivity index (χ0v) is 16.6. The van der Waals surface area contributed by atoms with Crippen molar-refractivity contribution >= 4 is 17.3 Å². The van der Waals surface area contributed by atoms with E-state index in [0.29, 0.717) is 17.1 Å². The molecule has 1 aromatic carbocycles. The zero-order valence-electron chi connectivity index (χ0n) is 15.8. The van der Waals surface area contributed by atoms with E-state index in [-0.39, 0.29) is 31.4 Å². The summed E-state index contributed by atoms with van der Waals surface area (Å²) in [5.74, 6) is 0.222. The van der Waals surface area contributed by atoms with Crippen LogP contribution < -0.4 is 10.5 Å². The molecule has 0 saturated carbocycles. The first-order valence-corrected chi connectivity index (χ1v) is 9.75. The molecule has 3 heterocycles. The van der Waals surface area contributed by atoms with Gasteiger partial charge < -0.3 is 18.4 Å². The Balaban J connectivity index is 1.30. The minimum Gasteiger partial charge on any atom is -0.497 e. The van der Waals surface area contributed by atoms with Gasteiger partial charge in [-0.2, -0.15) is 9.67 Å². The molecule has 154 valence electrons. The second kappa shape index (κ2) is 8.74. The molecule has 0 radical (unpaired) electrons. The van der Waals surface area contributed by atoms with Crippen LogP contribution in [-0.2, 0) is 22.7 Å². The smallest absolute Gasteiger partial charge is 0.437 e. The monoisotopic (exact) mass is 428 g/mol. The molecule has 0 unspecified atom stereocenters. The normalized spacial score (nSPS) is 10.8. The average molecular weight is 428 g/mol. The summed E-state index contributed by atoms with van der Waals surface area (Å²) >= 11 is 1.40. The lowest BCUT2D eigenvalue weighted by molar-refractivity contribution is -0.146. The van der Waals surface area contributed by atoms with Crippen molar-refractivity contribution in [3.8, 4) is 27.9 Å². The van der Waals surface area contributed by atoms with E-state index in [1.165, 1.54) is 11.3 Å². The van der Waals surface area contributed by atoms with Gasteiger partial charge in [0.1, 0.15) is 5.75 Å². The van der Waals surface area contributed by atoms with E-state index in [0.717, 1.165) is 9.56 Å². The minimum absolute atomic E-state index is 0.0332. The third kappa shape index (κ3) is 4.46. The summed E-state index contributed by atoms with van der Waals surface area (Å²) in [7, 11) is 1.57. The summed E-state index contributed by atoms with van der Waals surface area (Å²) in [5, 5.41) is 9.80. The molecule has 0 fully saturated rings. The van der Waals surface area contributed by atoms with Crippen molar-refractivity contribution in [2.24, 2.45) is 0 Å². The van der Waals surface area contributed by atoms with Gasteiger partial charge in [-0.15, -0.1) is 16.4 Å². The number of aromatic nitrogens is 4. The van der Waals surface area contributed by atoms with E-state index in [9.17, 15) is 9.59 Å². The van der Waals surface area contributed by atoms with Gasteiger partial charge in [-0.05, 0) is 23.6 Å². The number of esters is 1. The number of nitrogens with zero attached hydrogens (tertiary/aromatic N) is 4. The van der Waals surface area contributed by atoms with Crippen LogP contribution in [-0.4, -0.2) is 33.0 Å². The lowest BCUT2D eigenvalue weighted by Crippen LogP contribution is -2.18. The van der Waals surface area contributed by atoms with Crippen LogP contribution in [0.5, 0.6) is 5.75 Å². The Morgan fingerprint density at radius 3 is 2.97 bits per heavy atom. The molecule has 0 N–H and O–H groups in total. The number of ether oxygens (including phenoxy) is 2. The molecule has 0 amide bonds. The molecule has 4 rings (SSSR count). The van der Waals surface area contributed by atoms with Crippen LogP contribution >= 0.6 is 11.3 Å². The molecule has 3 aromatic heterocycles. The van der Waals surface area contributed by atoms with E-state index in [1.807, 2.05) is 17.5 Å². The third-order valence-electron chi connectivity index (χ3n) is 4.02. The molecular formula is C19H16N4O6S. The molecule has 0 saturated heterocycles. The quantitative estimate of drug-likeness (QED) is 0.390. The topological polar surface area (TPSA) is 122 Å². The molecule has 11 heteroatoms. The lowest BCUT2D eigenvalue weighted by atomic mass is 10.2. The number of carbonyl (C=O) groups is 1. The number of hydrogen-bond donors (Lipinski definition) is 0. The lowest BCUT2D eigenvalue weighted by Gasteiger charge is -2.01. The Hall–Kier alpha value is -3.73. The molecule has 30 heavy (non-hydrogen) atoms. The van der Waals surface area contributed by atoms with Gasteiger partial charge in [0, 0.05) is 5.56 Å². The first kappa shape index (κ1) is 19.6. The van der Waals surface area contributed by atoms with Crippen molar-refractivity contribution in [1.82, 2.24) is 19.9 Å². The predicted octanol–water partition coefficient (Wildman–Crippen LogP) is 2.76. The zero-order chi connectivity index (χ0) is 20.9. The molecule has 0 aliphatic carbocycles. The second-order valence-corrected chi connectivity index (χ2v) is 6.98. The maximum Gasteiger partial charge on any atom is 0.437 e. The number of rotatable bonds is 8. The van der Waals surface area contributed by atoms with Gasteiger partial charge in [0.25, 0.3) is 11.8 Å². The maximum atomic E-state index is 12.0. The van der Waals surface area contributed by atoms with E-state index in [4.69, 9.17) is 18.4 Å². The summed E-state index contributed by atoms with van der Waals surface area (Å²) in [6.45, 7) is -0.143. The van der Waals surface area contributed by atoms with Crippen LogP contribution in [0.3, 0.4) is 0 Å². The van der Waals surface area contributed by atoms with Crippen molar-refractivity contribution in [2.75, 3.05) is 7.11 Å². The molecule has 4 aromatic rings. The van der Waals surface area contributed by atoms with Crippen LogP contribution in [0.4, 0.5) is 0 Å². The van der Waals surface area contributed by atoms with Gasteiger partial charge in [0.05, 0.1) is 25.0 Å². The molecule has 0 atom stereocenters. The fraction of sp³-hybridized carbons (Fsp3) is 0.211. The molecular weight excluding hydrogens is 412 g/mol. The third-order valence-corrected chi connectivity index (χ3v) is 4.88. The van der Waals surface area contributed by atoms with Gasteiger partial charge in [0.15, 0.2) is 6.61 Å². The van der Waals surface area contributed by atoms with Crippen LogP contribution in [0.1, 0.15) is 12.3 Å². The van der Waals surface area contributed by atoms with Crippen molar-refractivity contribution in [2.45, 2.75) is 19.6 Å². The van der Waals surface area contributed by atoms with Gasteiger partial charge in [-0.1, -0.05) is 23.4 Å². The Morgan fingerprint density at radius 2 is 2.17 bits per heavy atom. The number of carbonyl (C=O) groups excluding carboxylic acids is 1. The molecule has 0 spiro atoms. The Labute approximate surface area is 173 Å². The predicted molar refractivity (Wildman–Crippen MR) is 105 cm³/mol. The second-order valence-electron chi connectivity index (χ2n) is 6.03. The summed E-state index contributed by atoms with van der Waals surface area (Å²) in [6, 6.07) is 10.8. The first-order valence-electron chi connectivity index (χ1n) is 8.87. The minimum atomic E-state index is -0.633. The van der Waals surface area contributed by atoms with Crippen LogP contribution in [0.2, 0.25) is 0 Å². The van der Waals surface area contributed by atoms with Crippen molar-refractivity contribution in [1.29, 1.82) is 0 Å². The fourth-order valence-corrected chi connectivity index (χ4v) is 3.20. The van der Waals surface area contributed by atoms with E-state index < -0.39 is 11.7 Å². The summed E-state index contributed by atoms with van der Waals surface area (Å²) in [5.41, 5.74) is 0.711. The van der Waals surface area contributed by atoms with Crippen molar-refractivity contribution < 1.29 is 23.2 Å². The standard InChI is InChI=1S/C19H16N4O6S/c1-26-13-5-2-4-12(10-13)17-20-15(29-22-17)11-27-16(24)7-8-23-19(25)28-18(21-23)14-6-3-9-30-14/h2-6,9-10H,7-8,11H2,1H3. The van der Waals surface area contributed by atoms with E-state index >= 15 is 0 Å². The van der Waals surface area contributed by atoms with Crippen molar-refractivity contribution in [3.05, 3.63) is 58.2 Å². The largest absolute Gasteiger partial charge is 0.497 e. The van der Waals surface area contributed by atoms with E-state index in [1.54, 1.807) is 31.4 Å². The van der Waals surface area contributed by atoms with Gasteiger partial charge in [-0.25, -0.2) is 4.79 Å². The molecule has 0 aliphatic heterocycles. The Kier molecular flexibility index (Phi) is 5.70. The summed E-state index contributed by atoms with van der Waals surface area (Å²) in [4.78, 5) is 28.8. The van der Waals surface area contributed by atoms with Crippen molar-refractivity contribution in [3.63, 3.8) is 0 Å². The number of aryl methyl sites for hydroxylation is 1. The highest BCUT2D eigenvalue weighted by Crippen LogP contribution is 2.22. The van der Waals surface area contributed by atoms with Gasteiger partial charge >= 0.3 is 11.7 Å². The number of benzene rings is 1. The molecule has 10 nitrogen and oxygen atoms in total. The van der Waals surface area contributed by atoms with Crippen LogP contribution in [0.15, 0.2) is 55.5 Å².